The predicted molar refractivity (Wildman–Crippen MR) is 56.1 cm³/mol. The van der Waals surface area contributed by atoms with E-state index in [2.05, 4.69) is 19.9 Å². The minimum Gasteiger partial charge on any atom is -0.493 e. The molecule has 1 aromatic carbocycles. The molecule has 0 spiro atoms. The van der Waals surface area contributed by atoms with Gasteiger partial charge in [-0.05, 0) is 17.9 Å². The standard InChI is InChI=1S/C12H16O2/c1-12(2)7-8-14-11-9(12)5-4-6-10(11)13-3/h4-6H,7-8H2,1-3H3. The van der Waals surface area contributed by atoms with Gasteiger partial charge in [-0.2, -0.15) is 0 Å². The molecule has 0 N–H and O–H groups in total. The Morgan fingerprint density at radius 2 is 2.14 bits per heavy atom. The third kappa shape index (κ3) is 1.35. The Morgan fingerprint density at radius 3 is 2.86 bits per heavy atom. The van der Waals surface area contributed by atoms with E-state index in [9.17, 15) is 0 Å². The van der Waals surface area contributed by atoms with Crippen LogP contribution in [0.3, 0.4) is 0 Å². The maximum Gasteiger partial charge on any atom is 0.164 e. The van der Waals surface area contributed by atoms with Crippen LogP contribution in [0.2, 0.25) is 0 Å². The minimum absolute atomic E-state index is 0.197. The highest BCUT2D eigenvalue weighted by Gasteiger charge is 2.30. The normalized spacial score (nSPS) is 18.2. The lowest BCUT2D eigenvalue weighted by molar-refractivity contribution is 0.222. The molecule has 0 saturated heterocycles. The van der Waals surface area contributed by atoms with Crippen LogP contribution in [0.25, 0.3) is 0 Å². The molecule has 0 fully saturated rings. The molecule has 0 bridgehead atoms. The van der Waals surface area contributed by atoms with Crippen molar-refractivity contribution >= 4 is 0 Å². The highest BCUT2D eigenvalue weighted by Crippen LogP contribution is 2.43. The monoisotopic (exact) mass is 192 g/mol. The third-order valence-electron chi connectivity index (χ3n) is 2.90. The van der Waals surface area contributed by atoms with Gasteiger partial charge in [0, 0.05) is 5.56 Å². The first-order valence-electron chi connectivity index (χ1n) is 4.95. The molecule has 2 rings (SSSR count). The van der Waals surface area contributed by atoms with Crippen LogP contribution in [0.15, 0.2) is 18.2 Å². The van der Waals surface area contributed by atoms with Crippen LogP contribution in [-0.2, 0) is 5.41 Å². The van der Waals surface area contributed by atoms with E-state index in [1.54, 1.807) is 7.11 Å². The molecule has 76 valence electrons. The SMILES string of the molecule is COc1cccc2c1OCCC2(C)C. The molecule has 1 aromatic rings. The second kappa shape index (κ2) is 3.19. The molecule has 2 nitrogen and oxygen atoms in total. The highest BCUT2D eigenvalue weighted by molar-refractivity contribution is 5.50. The molecule has 0 radical (unpaired) electrons. The molecule has 2 heteroatoms. The van der Waals surface area contributed by atoms with Gasteiger partial charge >= 0.3 is 0 Å². The van der Waals surface area contributed by atoms with E-state index in [4.69, 9.17) is 9.47 Å². The zero-order valence-electron chi connectivity index (χ0n) is 8.96. The van der Waals surface area contributed by atoms with Crippen molar-refractivity contribution < 1.29 is 9.47 Å². The molecule has 0 unspecified atom stereocenters. The lowest BCUT2D eigenvalue weighted by Gasteiger charge is -2.32. The molecular formula is C12H16O2. The lowest BCUT2D eigenvalue weighted by atomic mass is 9.80. The van der Waals surface area contributed by atoms with Crippen molar-refractivity contribution in [1.82, 2.24) is 0 Å². The largest absolute Gasteiger partial charge is 0.493 e. The van der Waals surface area contributed by atoms with Crippen molar-refractivity contribution in [3.8, 4) is 11.5 Å². The maximum absolute atomic E-state index is 5.66. The number of hydrogen-bond acceptors (Lipinski definition) is 2. The van der Waals surface area contributed by atoms with Crippen molar-refractivity contribution in [2.75, 3.05) is 13.7 Å². The number of para-hydroxylation sites is 1. The summed E-state index contributed by atoms with van der Waals surface area (Å²) in [6, 6.07) is 6.09. The Hall–Kier alpha value is -1.18. The van der Waals surface area contributed by atoms with Gasteiger partial charge < -0.3 is 9.47 Å². The molecule has 14 heavy (non-hydrogen) atoms. The van der Waals surface area contributed by atoms with Crippen LogP contribution in [0.5, 0.6) is 11.5 Å². The average Bonchev–Trinajstić information content (AvgIpc) is 2.17. The molecule has 0 saturated carbocycles. The van der Waals surface area contributed by atoms with Crippen LogP contribution in [0.1, 0.15) is 25.8 Å². The second-order valence-electron chi connectivity index (χ2n) is 4.32. The van der Waals surface area contributed by atoms with Gasteiger partial charge in [0.15, 0.2) is 11.5 Å². The summed E-state index contributed by atoms with van der Waals surface area (Å²) < 4.78 is 10.9. The summed E-state index contributed by atoms with van der Waals surface area (Å²) in [5.41, 5.74) is 1.45. The van der Waals surface area contributed by atoms with Crippen LogP contribution in [0.4, 0.5) is 0 Å². The average molecular weight is 192 g/mol. The van der Waals surface area contributed by atoms with Gasteiger partial charge in [0.1, 0.15) is 0 Å². The molecular weight excluding hydrogens is 176 g/mol. The second-order valence-corrected chi connectivity index (χ2v) is 4.32. The van der Waals surface area contributed by atoms with Crippen LogP contribution >= 0.6 is 0 Å². The summed E-state index contributed by atoms with van der Waals surface area (Å²) in [5, 5.41) is 0. The fourth-order valence-electron chi connectivity index (χ4n) is 1.90. The zero-order valence-corrected chi connectivity index (χ0v) is 8.96. The van der Waals surface area contributed by atoms with E-state index in [0.717, 1.165) is 24.5 Å². The quantitative estimate of drug-likeness (QED) is 0.681. The molecule has 0 atom stereocenters. The summed E-state index contributed by atoms with van der Waals surface area (Å²) in [5.74, 6) is 1.77. The Morgan fingerprint density at radius 1 is 1.36 bits per heavy atom. The lowest BCUT2D eigenvalue weighted by Crippen LogP contribution is -2.26. The number of rotatable bonds is 1. The van der Waals surface area contributed by atoms with Gasteiger partial charge in [-0.1, -0.05) is 26.0 Å². The zero-order chi connectivity index (χ0) is 10.2. The van der Waals surface area contributed by atoms with Crippen molar-refractivity contribution in [3.63, 3.8) is 0 Å². The molecule has 0 aliphatic carbocycles. The summed E-state index contributed by atoms with van der Waals surface area (Å²) in [6.07, 6.45) is 1.06. The van der Waals surface area contributed by atoms with Gasteiger partial charge in [0.2, 0.25) is 0 Å². The smallest absolute Gasteiger partial charge is 0.164 e. The van der Waals surface area contributed by atoms with E-state index < -0.39 is 0 Å². The van der Waals surface area contributed by atoms with E-state index in [1.807, 2.05) is 12.1 Å². The first-order valence-corrected chi connectivity index (χ1v) is 4.95. The number of fused-ring (bicyclic) bond motifs is 1. The summed E-state index contributed by atoms with van der Waals surface area (Å²) in [7, 11) is 1.68. The first kappa shape index (κ1) is 9.38. The molecule has 0 aromatic heterocycles. The maximum atomic E-state index is 5.66. The fourth-order valence-corrected chi connectivity index (χ4v) is 1.90. The summed E-state index contributed by atoms with van der Waals surface area (Å²) in [6.45, 7) is 5.27. The van der Waals surface area contributed by atoms with Crippen molar-refractivity contribution in [2.24, 2.45) is 0 Å². The van der Waals surface area contributed by atoms with Gasteiger partial charge in [0.05, 0.1) is 13.7 Å². The summed E-state index contributed by atoms with van der Waals surface area (Å²) in [4.78, 5) is 0. The van der Waals surface area contributed by atoms with Crippen LogP contribution in [-0.4, -0.2) is 13.7 Å². The number of methoxy groups -OCH3 is 1. The Bertz CT molecular complexity index is 342. The van der Waals surface area contributed by atoms with E-state index in [1.165, 1.54) is 5.56 Å². The molecule has 0 amide bonds. The summed E-state index contributed by atoms with van der Waals surface area (Å²) >= 11 is 0. The number of ether oxygens (including phenoxy) is 2. The van der Waals surface area contributed by atoms with Crippen molar-refractivity contribution in [3.05, 3.63) is 23.8 Å². The van der Waals surface area contributed by atoms with Gasteiger partial charge in [-0.25, -0.2) is 0 Å². The van der Waals surface area contributed by atoms with Gasteiger partial charge in [-0.15, -0.1) is 0 Å². The first-order chi connectivity index (χ1) is 6.65. The molecule has 1 aliphatic heterocycles. The minimum atomic E-state index is 0.197. The van der Waals surface area contributed by atoms with Gasteiger partial charge in [-0.3, -0.25) is 0 Å². The molecule has 1 heterocycles. The van der Waals surface area contributed by atoms with E-state index in [0.29, 0.717) is 0 Å². The van der Waals surface area contributed by atoms with E-state index in [-0.39, 0.29) is 5.41 Å². The molecule has 1 aliphatic rings. The predicted octanol–water partition coefficient (Wildman–Crippen LogP) is 2.76. The van der Waals surface area contributed by atoms with Crippen LogP contribution in [0, 0.1) is 0 Å². The number of benzene rings is 1. The van der Waals surface area contributed by atoms with E-state index >= 15 is 0 Å². The Kier molecular flexibility index (Phi) is 2.14. The fraction of sp³-hybridized carbons (Fsp3) is 0.500. The third-order valence-corrected chi connectivity index (χ3v) is 2.90. The van der Waals surface area contributed by atoms with Crippen LogP contribution < -0.4 is 9.47 Å². The number of hydrogen-bond donors (Lipinski definition) is 0. The Labute approximate surface area is 84.8 Å². The van der Waals surface area contributed by atoms with Crippen molar-refractivity contribution in [1.29, 1.82) is 0 Å². The highest BCUT2D eigenvalue weighted by atomic mass is 16.5. The Balaban J connectivity index is 2.55. The topological polar surface area (TPSA) is 18.5 Å². The van der Waals surface area contributed by atoms with Gasteiger partial charge in [0.25, 0.3) is 0 Å². The van der Waals surface area contributed by atoms with Crippen molar-refractivity contribution in [2.45, 2.75) is 25.7 Å².